The number of nitrogens with zero attached hydrogens (tertiary/aromatic N) is 5. The van der Waals surface area contributed by atoms with Gasteiger partial charge in [0.25, 0.3) is 0 Å². The first-order valence-corrected chi connectivity index (χ1v) is 12.2. The quantitative estimate of drug-likeness (QED) is 0.356. The second-order valence-corrected chi connectivity index (χ2v) is 9.45. The van der Waals surface area contributed by atoms with Crippen LogP contribution >= 0.6 is 0 Å². The number of pyridine rings is 1. The summed E-state index contributed by atoms with van der Waals surface area (Å²) in [6, 6.07) is 6.82. The number of piperidine rings is 1. The number of aryl methyl sites for hydroxylation is 1. The van der Waals surface area contributed by atoms with Crippen molar-refractivity contribution in [2.75, 3.05) is 18.4 Å². The Labute approximate surface area is 208 Å². The zero-order valence-corrected chi connectivity index (χ0v) is 20.6. The van der Waals surface area contributed by atoms with E-state index in [1.807, 2.05) is 37.5 Å². The van der Waals surface area contributed by atoms with Crippen LogP contribution in [0.2, 0.25) is 0 Å². The SMILES string of the molecule is C=C(c1ccc(Nc2ncc(F)c(-c3cc(F)c4nc(C)n(C(C)C)c4c3)n2)nc1)C1CCNCC1. The van der Waals surface area contributed by atoms with Crippen LogP contribution in [-0.2, 0) is 0 Å². The normalized spacial score (nSPS) is 14.5. The second-order valence-electron chi connectivity index (χ2n) is 9.45. The van der Waals surface area contributed by atoms with Crippen molar-refractivity contribution in [3.05, 3.63) is 66.3 Å². The fourth-order valence-electron chi connectivity index (χ4n) is 4.87. The molecular formula is C27H29F2N7. The number of fused-ring (bicyclic) bond motifs is 1. The van der Waals surface area contributed by atoms with Crippen LogP contribution in [0.25, 0.3) is 27.9 Å². The van der Waals surface area contributed by atoms with Crippen molar-refractivity contribution >= 4 is 28.4 Å². The molecule has 186 valence electrons. The summed E-state index contributed by atoms with van der Waals surface area (Å²) in [4.78, 5) is 17.2. The van der Waals surface area contributed by atoms with Crippen LogP contribution in [0.3, 0.4) is 0 Å². The van der Waals surface area contributed by atoms with E-state index in [0.717, 1.165) is 43.3 Å². The highest BCUT2D eigenvalue weighted by molar-refractivity contribution is 5.83. The number of aromatic nitrogens is 5. The number of hydrogen-bond donors (Lipinski definition) is 2. The van der Waals surface area contributed by atoms with Crippen LogP contribution in [0.15, 0.2) is 43.2 Å². The standard InChI is InChI=1S/C27H29F2N7/c1-15(2)36-17(4)33-26-21(28)11-20(12-23(26)36)25-22(29)14-32-27(35-25)34-24-6-5-19(13-31-24)16(3)18-7-9-30-10-8-18/h5-6,11-15,18,30H,3,7-10H2,1-2,4H3,(H,31,32,34,35). The van der Waals surface area contributed by atoms with Gasteiger partial charge in [0.2, 0.25) is 5.95 Å². The third kappa shape index (κ3) is 4.58. The Morgan fingerprint density at radius 1 is 1.08 bits per heavy atom. The minimum absolute atomic E-state index is 0.00151. The van der Waals surface area contributed by atoms with Crippen molar-refractivity contribution in [2.24, 2.45) is 5.92 Å². The Morgan fingerprint density at radius 3 is 2.56 bits per heavy atom. The van der Waals surface area contributed by atoms with Gasteiger partial charge in [-0.15, -0.1) is 0 Å². The molecule has 1 aliphatic rings. The molecule has 2 N–H and O–H groups in total. The van der Waals surface area contributed by atoms with Gasteiger partial charge in [0.1, 0.15) is 22.9 Å². The van der Waals surface area contributed by atoms with Crippen molar-refractivity contribution < 1.29 is 8.78 Å². The van der Waals surface area contributed by atoms with Crippen molar-refractivity contribution in [3.63, 3.8) is 0 Å². The summed E-state index contributed by atoms with van der Waals surface area (Å²) in [5.74, 6) is 0.654. The summed E-state index contributed by atoms with van der Waals surface area (Å²) in [6.45, 7) is 12.1. The third-order valence-electron chi connectivity index (χ3n) is 6.67. The number of benzene rings is 1. The number of imidazole rings is 1. The molecule has 7 nitrogen and oxygen atoms in total. The minimum atomic E-state index is -0.645. The average Bonchev–Trinajstić information content (AvgIpc) is 3.22. The number of rotatable bonds is 6. The molecule has 36 heavy (non-hydrogen) atoms. The molecule has 1 aliphatic heterocycles. The Kier molecular flexibility index (Phi) is 6.49. The second kappa shape index (κ2) is 9.73. The Morgan fingerprint density at radius 2 is 1.86 bits per heavy atom. The van der Waals surface area contributed by atoms with E-state index in [0.29, 0.717) is 28.6 Å². The van der Waals surface area contributed by atoms with Gasteiger partial charge in [0, 0.05) is 17.8 Å². The largest absolute Gasteiger partial charge is 0.326 e. The Hall–Kier alpha value is -3.72. The molecular weight excluding hydrogens is 460 g/mol. The maximum atomic E-state index is 14.9. The average molecular weight is 490 g/mol. The van der Waals surface area contributed by atoms with E-state index >= 15 is 0 Å². The number of nitrogens with one attached hydrogen (secondary N) is 2. The van der Waals surface area contributed by atoms with Gasteiger partial charge >= 0.3 is 0 Å². The molecule has 0 spiro atoms. The van der Waals surface area contributed by atoms with E-state index in [1.54, 1.807) is 12.3 Å². The predicted octanol–water partition coefficient (Wildman–Crippen LogP) is 5.81. The number of anilines is 2. The topological polar surface area (TPSA) is 80.6 Å². The van der Waals surface area contributed by atoms with Crippen molar-refractivity contribution in [1.29, 1.82) is 0 Å². The van der Waals surface area contributed by atoms with Crippen LogP contribution in [0.5, 0.6) is 0 Å². The summed E-state index contributed by atoms with van der Waals surface area (Å²) in [5.41, 5.74) is 3.24. The lowest BCUT2D eigenvalue weighted by Gasteiger charge is -2.24. The molecule has 1 saturated heterocycles. The molecule has 4 aromatic rings. The molecule has 1 fully saturated rings. The van der Waals surface area contributed by atoms with Crippen LogP contribution in [0.1, 0.15) is 44.1 Å². The molecule has 0 amide bonds. The van der Waals surface area contributed by atoms with E-state index in [-0.39, 0.29) is 23.2 Å². The zero-order chi connectivity index (χ0) is 25.4. The predicted molar refractivity (Wildman–Crippen MR) is 138 cm³/mol. The van der Waals surface area contributed by atoms with Gasteiger partial charge in [-0.3, -0.25) is 0 Å². The van der Waals surface area contributed by atoms with E-state index in [4.69, 9.17) is 0 Å². The van der Waals surface area contributed by atoms with Crippen LogP contribution in [0, 0.1) is 24.5 Å². The van der Waals surface area contributed by atoms with Gasteiger partial charge in [0.15, 0.2) is 11.6 Å². The van der Waals surface area contributed by atoms with Crippen molar-refractivity contribution in [1.82, 2.24) is 29.8 Å². The molecule has 0 saturated carbocycles. The van der Waals surface area contributed by atoms with Crippen molar-refractivity contribution in [3.8, 4) is 11.3 Å². The monoisotopic (exact) mass is 489 g/mol. The maximum absolute atomic E-state index is 14.9. The van der Waals surface area contributed by atoms with Gasteiger partial charge < -0.3 is 15.2 Å². The summed E-state index contributed by atoms with van der Waals surface area (Å²) in [5, 5.41) is 6.39. The molecule has 0 bridgehead atoms. The minimum Gasteiger partial charge on any atom is -0.326 e. The summed E-state index contributed by atoms with van der Waals surface area (Å²) >= 11 is 0. The summed E-state index contributed by atoms with van der Waals surface area (Å²) in [7, 11) is 0. The fraction of sp³-hybridized carbons (Fsp3) is 0.333. The van der Waals surface area contributed by atoms with Gasteiger partial charge in [-0.25, -0.2) is 28.7 Å². The third-order valence-corrected chi connectivity index (χ3v) is 6.67. The van der Waals surface area contributed by atoms with Gasteiger partial charge in [0.05, 0.1) is 11.7 Å². The molecule has 0 radical (unpaired) electrons. The maximum Gasteiger partial charge on any atom is 0.229 e. The van der Waals surface area contributed by atoms with E-state index in [1.165, 1.54) is 6.07 Å². The smallest absolute Gasteiger partial charge is 0.229 e. The van der Waals surface area contributed by atoms with Crippen LogP contribution in [-0.4, -0.2) is 37.6 Å². The van der Waals surface area contributed by atoms with E-state index in [9.17, 15) is 8.78 Å². The lowest BCUT2D eigenvalue weighted by Crippen LogP contribution is -2.28. The highest BCUT2D eigenvalue weighted by atomic mass is 19.1. The molecule has 0 aliphatic carbocycles. The van der Waals surface area contributed by atoms with Crippen LogP contribution in [0.4, 0.5) is 20.5 Å². The van der Waals surface area contributed by atoms with E-state index < -0.39 is 11.6 Å². The fourth-order valence-corrected chi connectivity index (χ4v) is 4.87. The lowest BCUT2D eigenvalue weighted by atomic mass is 9.87. The summed E-state index contributed by atoms with van der Waals surface area (Å²) < 4.78 is 31.6. The first-order chi connectivity index (χ1) is 17.3. The molecule has 0 unspecified atom stereocenters. The Balaban J connectivity index is 1.42. The molecule has 4 heterocycles. The number of allylic oxidation sites excluding steroid dienone is 1. The first kappa shape index (κ1) is 24.0. The van der Waals surface area contributed by atoms with Gasteiger partial charge in [-0.05, 0) is 88.0 Å². The molecule has 0 atom stereocenters. The number of hydrogen-bond acceptors (Lipinski definition) is 6. The summed E-state index contributed by atoms with van der Waals surface area (Å²) in [6.07, 6.45) is 4.98. The highest BCUT2D eigenvalue weighted by Gasteiger charge is 2.19. The van der Waals surface area contributed by atoms with E-state index in [2.05, 4.69) is 37.1 Å². The molecule has 3 aromatic heterocycles. The number of halogens is 2. The Bertz CT molecular complexity index is 1420. The van der Waals surface area contributed by atoms with Crippen molar-refractivity contribution in [2.45, 2.75) is 39.7 Å². The van der Waals surface area contributed by atoms with Crippen LogP contribution < -0.4 is 10.6 Å². The molecule has 1 aromatic carbocycles. The molecule has 9 heteroatoms. The molecule has 5 rings (SSSR count). The van der Waals surface area contributed by atoms with Gasteiger partial charge in [-0.1, -0.05) is 6.58 Å². The lowest BCUT2D eigenvalue weighted by molar-refractivity contribution is 0.447. The highest BCUT2D eigenvalue weighted by Crippen LogP contribution is 2.31. The van der Waals surface area contributed by atoms with Gasteiger partial charge in [-0.2, -0.15) is 0 Å². The first-order valence-electron chi connectivity index (χ1n) is 12.2. The zero-order valence-electron chi connectivity index (χ0n) is 20.6.